The Hall–Kier alpha value is -0.250. The maximum Gasteiger partial charge on any atom is 0.129 e. The van der Waals surface area contributed by atoms with E-state index < -0.39 is 0 Å². The molecule has 0 aliphatic heterocycles. The van der Waals surface area contributed by atoms with Crippen LogP contribution < -0.4 is 5.32 Å². The number of rotatable bonds is 4. The van der Waals surface area contributed by atoms with Gasteiger partial charge in [-0.3, -0.25) is 0 Å². The predicted molar refractivity (Wildman–Crippen MR) is 54.8 cm³/mol. The molecule has 0 bridgehead atoms. The van der Waals surface area contributed by atoms with Gasteiger partial charge in [-0.15, -0.1) is 0 Å². The van der Waals surface area contributed by atoms with Gasteiger partial charge in [-0.25, -0.2) is 4.98 Å². The standard InChI is InChI=1S/C8H11ClN2S/c9-8-2-1-7(6-11-8)5-10-3-4-12/h1-2,6,10,12H,3-5H2. The molecule has 12 heavy (non-hydrogen) atoms. The second kappa shape index (κ2) is 5.41. The van der Waals surface area contributed by atoms with Crippen LogP contribution in [0.5, 0.6) is 0 Å². The zero-order valence-corrected chi connectivity index (χ0v) is 8.28. The molecule has 0 aliphatic carbocycles. The van der Waals surface area contributed by atoms with E-state index >= 15 is 0 Å². The first kappa shape index (κ1) is 9.84. The molecular formula is C8H11ClN2S. The molecule has 0 radical (unpaired) electrons. The number of nitrogens with one attached hydrogen (secondary N) is 1. The molecule has 0 saturated heterocycles. The van der Waals surface area contributed by atoms with Gasteiger partial charge in [0.1, 0.15) is 5.15 Å². The summed E-state index contributed by atoms with van der Waals surface area (Å²) in [5.41, 5.74) is 1.14. The normalized spacial score (nSPS) is 10.2. The molecule has 2 nitrogen and oxygen atoms in total. The molecule has 66 valence electrons. The van der Waals surface area contributed by atoms with E-state index in [0.717, 1.165) is 24.4 Å². The second-order valence-corrected chi connectivity index (χ2v) is 3.22. The van der Waals surface area contributed by atoms with E-state index in [1.807, 2.05) is 6.07 Å². The minimum atomic E-state index is 0.535. The molecule has 4 heteroatoms. The van der Waals surface area contributed by atoms with Crippen molar-refractivity contribution in [3.63, 3.8) is 0 Å². The van der Waals surface area contributed by atoms with Crippen LogP contribution in [0, 0.1) is 0 Å². The molecule has 1 aromatic heterocycles. The highest BCUT2D eigenvalue weighted by Gasteiger charge is 1.92. The van der Waals surface area contributed by atoms with Crippen LogP contribution in [0.4, 0.5) is 0 Å². The van der Waals surface area contributed by atoms with Crippen molar-refractivity contribution in [1.82, 2.24) is 10.3 Å². The molecule has 0 spiro atoms. The minimum absolute atomic E-state index is 0.535. The van der Waals surface area contributed by atoms with Crippen LogP contribution in [-0.2, 0) is 6.54 Å². The third-order valence-corrected chi connectivity index (χ3v) is 1.85. The molecule has 0 saturated carbocycles. The van der Waals surface area contributed by atoms with Gasteiger partial charge in [-0.2, -0.15) is 12.6 Å². The van der Waals surface area contributed by atoms with E-state index in [1.54, 1.807) is 12.3 Å². The van der Waals surface area contributed by atoms with Crippen molar-refractivity contribution < 1.29 is 0 Å². The zero-order valence-electron chi connectivity index (χ0n) is 6.63. The Morgan fingerprint density at radius 3 is 2.92 bits per heavy atom. The van der Waals surface area contributed by atoms with E-state index in [9.17, 15) is 0 Å². The van der Waals surface area contributed by atoms with Gasteiger partial charge in [-0.05, 0) is 11.6 Å². The van der Waals surface area contributed by atoms with Crippen molar-refractivity contribution in [2.24, 2.45) is 0 Å². The van der Waals surface area contributed by atoms with E-state index in [2.05, 4.69) is 22.9 Å². The first-order valence-corrected chi connectivity index (χ1v) is 4.76. The summed E-state index contributed by atoms with van der Waals surface area (Å²) in [6, 6.07) is 3.75. The monoisotopic (exact) mass is 202 g/mol. The fraction of sp³-hybridized carbons (Fsp3) is 0.375. The molecule has 1 rings (SSSR count). The highest BCUT2D eigenvalue weighted by Crippen LogP contribution is 2.04. The molecule has 1 heterocycles. The molecule has 0 fully saturated rings. The van der Waals surface area contributed by atoms with Crippen molar-refractivity contribution in [3.05, 3.63) is 29.0 Å². The Balaban J connectivity index is 2.37. The van der Waals surface area contributed by atoms with Crippen LogP contribution in [0.3, 0.4) is 0 Å². The third-order valence-electron chi connectivity index (χ3n) is 1.41. The Morgan fingerprint density at radius 2 is 2.33 bits per heavy atom. The van der Waals surface area contributed by atoms with Crippen molar-refractivity contribution >= 4 is 24.2 Å². The quantitative estimate of drug-likeness (QED) is 0.442. The van der Waals surface area contributed by atoms with Crippen LogP contribution in [0.1, 0.15) is 5.56 Å². The van der Waals surface area contributed by atoms with Crippen molar-refractivity contribution in [3.8, 4) is 0 Å². The number of thiol groups is 1. The highest BCUT2D eigenvalue weighted by molar-refractivity contribution is 7.80. The van der Waals surface area contributed by atoms with Crippen LogP contribution in [0.25, 0.3) is 0 Å². The molecular weight excluding hydrogens is 192 g/mol. The Kier molecular flexibility index (Phi) is 4.43. The summed E-state index contributed by atoms with van der Waals surface area (Å²) < 4.78 is 0. The van der Waals surface area contributed by atoms with Crippen LogP contribution in [0.15, 0.2) is 18.3 Å². The molecule has 0 aliphatic rings. The Bertz CT molecular complexity index is 225. The summed E-state index contributed by atoms with van der Waals surface area (Å²) in [7, 11) is 0. The van der Waals surface area contributed by atoms with Crippen molar-refractivity contribution in [1.29, 1.82) is 0 Å². The highest BCUT2D eigenvalue weighted by atomic mass is 35.5. The molecule has 0 amide bonds. The fourth-order valence-electron chi connectivity index (χ4n) is 0.823. The fourth-order valence-corrected chi connectivity index (χ4v) is 1.09. The molecule has 1 aromatic rings. The minimum Gasteiger partial charge on any atom is -0.312 e. The Morgan fingerprint density at radius 1 is 1.50 bits per heavy atom. The van der Waals surface area contributed by atoms with E-state index in [0.29, 0.717) is 5.15 Å². The second-order valence-electron chi connectivity index (χ2n) is 2.39. The average molecular weight is 203 g/mol. The van der Waals surface area contributed by atoms with Crippen LogP contribution in [0.2, 0.25) is 5.15 Å². The SMILES string of the molecule is SCCNCc1ccc(Cl)nc1. The first-order valence-electron chi connectivity index (χ1n) is 3.75. The van der Waals surface area contributed by atoms with Gasteiger partial charge < -0.3 is 5.32 Å². The van der Waals surface area contributed by atoms with E-state index in [-0.39, 0.29) is 0 Å². The lowest BCUT2D eigenvalue weighted by atomic mass is 10.3. The smallest absolute Gasteiger partial charge is 0.129 e. The molecule has 1 N–H and O–H groups in total. The van der Waals surface area contributed by atoms with Crippen LogP contribution in [-0.4, -0.2) is 17.3 Å². The van der Waals surface area contributed by atoms with Gasteiger partial charge in [0, 0.05) is 25.0 Å². The van der Waals surface area contributed by atoms with Gasteiger partial charge in [0.25, 0.3) is 0 Å². The summed E-state index contributed by atoms with van der Waals surface area (Å²) in [4.78, 5) is 3.96. The zero-order chi connectivity index (χ0) is 8.81. The number of pyridine rings is 1. The molecule has 0 aromatic carbocycles. The van der Waals surface area contributed by atoms with E-state index in [1.165, 1.54) is 0 Å². The number of halogens is 1. The lowest BCUT2D eigenvalue weighted by molar-refractivity contribution is 0.730. The lowest BCUT2D eigenvalue weighted by Gasteiger charge is -2.01. The number of hydrogen-bond donors (Lipinski definition) is 2. The summed E-state index contributed by atoms with van der Waals surface area (Å²) >= 11 is 9.71. The Labute approximate surface area is 82.8 Å². The predicted octanol–water partition coefficient (Wildman–Crippen LogP) is 1.75. The molecule has 0 atom stereocenters. The number of aromatic nitrogens is 1. The maximum absolute atomic E-state index is 5.63. The largest absolute Gasteiger partial charge is 0.312 e. The first-order chi connectivity index (χ1) is 5.83. The summed E-state index contributed by atoms with van der Waals surface area (Å²) in [6.07, 6.45) is 1.77. The molecule has 0 unspecified atom stereocenters. The van der Waals surface area contributed by atoms with Gasteiger partial charge in [0.05, 0.1) is 0 Å². The number of nitrogens with zero attached hydrogens (tertiary/aromatic N) is 1. The lowest BCUT2D eigenvalue weighted by Crippen LogP contribution is -2.15. The van der Waals surface area contributed by atoms with Gasteiger partial charge in [0.15, 0.2) is 0 Å². The summed E-state index contributed by atoms with van der Waals surface area (Å²) in [5.74, 6) is 0.848. The maximum atomic E-state index is 5.63. The summed E-state index contributed by atoms with van der Waals surface area (Å²) in [5, 5.41) is 3.75. The third kappa shape index (κ3) is 3.43. The topological polar surface area (TPSA) is 24.9 Å². The van der Waals surface area contributed by atoms with Crippen molar-refractivity contribution in [2.75, 3.05) is 12.3 Å². The summed E-state index contributed by atoms with van der Waals surface area (Å²) in [6.45, 7) is 1.73. The number of hydrogen-bond acceptors (Lipinski definition) is 3. The van der Waals surface area contributed by atoms with Gasteiger partial charge in [-0.1, -0.05) is 17.7 Å². The van der Waals surface area contributed by atoms with E-state index in [4.69, 9.17) is 11.6 Å². The van der Waals surface area contributed by atoms with Gasteiger partial charge >= 0.3 is 0 Å². The average Bonchev–Trinajstić information content (AvgIpc) is 2.09. The van der Waals surface area contributed by atoms with Crippen LogP contribution >= 0.6 is 24.2 Å². The van der Waals surface area contributed by atoms with Gasteiger partial charge in [0.2, 0.25) is 0 Å². The van der Waals surface area contributed by atoms with Crippen molar-refractivity contribution in [2.45, 2.75) is 6.54 Å².